The number of halogens is 3. The number of carbonyl (C=O) groups excluding carboxylic acids is 3. The molecule has 0 aromatic heterocycles. The van der Waals surface area contributed by atoms with E-state index in [4.69, 9.17) is 39.5 Å². The van der Waals surface area contributed by atoms with E-state index in [9.17, 15) is 14.4 Å². The number of amides is 3. The number of hydrogen-bond acceptors (Lipinski definition) is 4. The average molecular weight is 518 g/mol. The highest BCUT2D eigenvalue weighted by molar-refractivity contribution is 6.76. The van der Waals surface area contributed by atoms with E-state index >= 15 is 0 Å². The Morgan fingerprint density at radius 1 is 1.18 bits per heavy atom. The smallest absolute Gasteiger partial charge is 0.417 e. The monoisotopic (exact) mass is 516 g/mol. The van der Waals surface area contributed by atoms with Gasteiger partial charge in [0.05, 0.1) is 12.0 Å². The molecule has 6 nitrogen and oxygen atoms in total. The van der Waals surface area contributed by atoms with Crippen LogP contribution < -0.4 is 5.32 Å². The van der Waals surface area contributed by atoms with E-state index in [0.717, 1.165) is 12.0 Å². The van der Waals surface area contributed by atoms with Gasteiger partial charge in [-0.25, -0.2) is 9.69 Å². The van der Waals surface area contributed by atoms with Crippen molar-refractivity contribution in [1.82, 2.24) is 10.2 Å². The van der Waals surface area contributed by atoms with Crippen molar-refractivity contribution in [2.24, 2.45) is 11.8 Å². The number of nitrogens with zero attached hydrogens (tertiary/aromatic N) is 1. The van der Waals surface area contributed by atoms with Crippen LogP contribution in [-0.4, -0.2) is 38.7 Å². The maximum Gasteiger partial charge on any atom is 0.417 e. The SMILES string of the molecule is CCC[C@@H](/C=C/[C@@H](CC(C)C)C(=O)N1C(=O)O[C@@H](c2ccccc2)[C@H]1C)NC(=O)C(Cl)(Cl)Cl. The van der Waals surface area contributed by atoms with Crippen LogP contribution in [0.3, 0.4) is 0 Å². The van der Waals surface area contributed by atoms with Gasteiger partial charge in [-0.15, -0.1) is 0 Å². The van der Waals surface area contributed by atoms with E-state index in [1.165, 1.54) is 4.90 Å². The summed E-state index contributed by atoms with van der Waals surface area (Å²) in [5.41, 5.74) is 0.835. The lowest BCUT2D eigenvalue weighted by Gasteiger charge is -2.24. The topological polar surface area (TPSA) is 75.7 Å². The van der Waals surface area contributed by atoms with Crippen LogP contribution in [0.2, 0.25) is 0 Å². The van der Waals surface area contributed by atoms with E-state index in [1.807, 2.05) is 51.1 Å². The van der Waals surface area contributed by atoms with Crippen LogP contribution in [0.1, 0.15) is 58.6 Å². The summed E-state index contributed by atoms with van der Waals surface area (Å²) in [4.78, 5) is 39.4. The molecule has 1 aliphatic rings. The first kappa shape index (κ1) is 27.5. The van der Waals surface area contributed by atoms with Crippen molar-refractivity contribution >= 4 is 52.7 Å². The van der Waals surface area contributed by atoms with Gasteiger partial charge in [0.15, 0.2) is 0 Å². The molecule has 3 amide bonds. The Bertz CT molecular complexity index is 855. The van der Waals surface area contributed by atoms with E-state index in [-0.39, 0.29) is 11.8 Å². The normalized spacial score (nSPS) is 20.7. The second-order valence-electron chi connectivity index (χ2n) is 8.65. The Labute approximate surface area is 210 Å². The summed E-state index contributed by atoms with van der Waals surface area (Å²) >= 11 is 17.0. The third-order valence-corrected chi connectivity index (χ3v) is 5.94. The Kier molecular flexibility index (Phi) is 10.1. The molecule has 4 atom stereocenters. The fraction of sp³-hybridized carbons (Fsp3) is 0.542. The van der Waals surface area contributed by atoms with Gasteiger partial charge in [-0.3, -0.25) is 9.59 Å². The number of alkyl halides is 3. The summed E-state index contributed by atoms with van der Waals surface area (Å²) in [6, 6.07) is 8.49. The van der Waals surface area contributed by atoms with Gasteiger partial charge in [0, 0.05) is 6.04 Å². The first-order chi connectivity index (χ1) is 15.5. The van der Waals surface area contributed by atoms with E-state index in [0.29, 0.717) is 12.8 Å². The molecular weight excluding hydrogens is 487 g/mol. The zero-order valence-electron chi connectivity index (χ0n) is 19.3. The molecule has 0 spiro atoms. The number of imide groups is 1. The second-order valence-corrected chi connectivity index (χ2v) is 10.9. The molecule has 1 saturated heterocycles. The van der Waals surface area contributed by atoms with Crippen molar-refractivity contribution in [2.45, 2.75) is 68.9 Å². The molecule has 1 heterocycles. The molecule has 2 rings (SSSR count). The van der Waals surface area contributed by atoms with Crippen LogP contribution in [0.5, 0.6) is 0 Å². The van der Waals surface area contributed by atoms with Gasteiger partial charge >= 0.3 is 6.09 Å². The summed E-state index contributed by atoms with van der Waals surface area (Å²) in [7, 11) is 0. The molecule has 1 fully saturated rings. The maximum absolute atomic E-state index is 13.5. The molecule has 0 aliphatic carbocycles. The molecule has 33 heavy (non-hydrogen) atoms. The van der Waals surface area contributed by atoms with Gasteiger partial charge in [-0.2, -0.15) is 0 Å². The Morgan fingerprint density at radius 3 is 2.36 bits per heavy atom. The van der Waals surface area contributed by atoms with Gasteiger partial charge in [0.1, 0.15) is 6.10 Å². The molecule has 1 aromatic rings. The van der Waals surface area contributed by atoms with E-state index in [1.54, 1.807) is 19.1 Å². The molecule has 1 N–H and O–H groups in total. The summed E-state index contributed by atoms with van der Waals surface area (Å²) < 4.78 is 3.47. The fourth-order valence-corrected chi connectivity index (χ4v) is 4.00. The summed E-state index contributed by atoms with van der Waals surface area (Å²) in [6.07, 6.45) is 4.19. The number of ether oxygens (including phenoxy) is 1. The molecule has 0 saturated carbocycles. The first-order valence-electron chi connectivity index (χ1n) is 11.1. The van der Waals surface area contributed by atoms with Crippen LogP contribution in [-0.2, 0) is 14.3 Å². The van der Waals surface area contributed by atoms with Gasteiger partial charge < -0.3 is 10.1 Å². The van der Waals surface area contributed by atoms with E-state index < -0.39 is 39.9 Å². The Morgan fingerprint density at radius 2 is 1.82 bits per heavy atom. The Hall–Kier alpha value is -1.76. The van der Waals surface area contributed by atoms with Crippen molar-refractivity contribution in [1.29, 1.82) is 0 Å². The van der Waals surface area contributed by atoms with Crippen molar-refractivity contribution < 1.29 is 19.1 Å². The number of rotatable bonds is 9. The van der Waals surface area contributed by atoms with Crippen molar-refractivity contribution in [3.8, 4) is 0 Å². The van der Waals surface area contributed by atoms with Crippen molar-refractivity contribution in [2.75, 3.05) is 0 Å². The molecule has 9 heteroatoms. The molecular formula is C24H31Cl3N2O4. The Balaban J connectivity index is 2.23. The second kappa shape index (κ2) is 12.1. The zero-order valence-corrected chi connectivity index (χ0v) is 21.5. The highest BCUT2D eigenvalue weighted by Gasteiger charge is 2.45. The van der Waals surface area contributed by atoms with E-state index in [2.05, 4.69) is 5.32 Å². The lowest BCUT2D eigenvalue weighted by molar-refractivity contribution is -0.132. The van der Waals surface area contributed by atoms with Gasteiger partial charge in [-0.1, -0.05) is 104 Å². The number of cyclic esters (lactones) is 1. The van der Waals surface area contributed by atoms with Crippen LogP contribution >= 0.6 is 34.8 Å². The van der Waals surface area contributed by atoms with Crippen molar-refractivity contribution in [3.63, 3.8) is 0 Å². The molecule has 0 unspecified atom stereocenters. The summed E-state index contributed by atoms with van der Waals surface area (Å²) in [5.74, 6) is -1.44. The zero-order chi connectivity index (χ0) is 24.8. The van der Waals surface area contributed by atoms with Crippen LogP contribution in [0, 0.1) is 11.8 Å². The minimum Gasteiger partial charge on any atom is -0.439 e. The van der Waals surface area contributed by atoms with Crippen molar-refractivity contribution in [3.05, 3.63) is 48.0 Å². The maximum atomic E-state index is 13.5. The van der Waals surface area contributed by atoms with Crippen LogP contribution in [0.4, 0.5) is 4.79 Å². The third kappa shape index (κ3) is 7.62. The lowest BCUT2D eigenvalue weighted by atomic mass is 9.93. The van der Waals surface area contributed by atoms with Gasteiger partial charge in [0.2, 0.25) is 5.91 Å². The highest BCUT2D eigenvalue weighted by Crippen LogP contribution is 2.34. The van der Waals surface area contributed by atoms with Crippen LogP contribution in [0.15, 0.2) is 42.5 Å². The predicted molar refractivity (Wildman–Crippen MR) is 131 cm³/mol. The predicted octanol–water partition coefficient (Wildman–Crippen LogP) is 5.97. The lowest BCUT2D eigenvalue weighted by Crippen LogP contribution is -2.42. The largest absolute Gasteiger partial charge is 0.439 e. The fourth-order valence-electron chi connectivity index (χ4n) is 3.84. The quantitative estimate of drug-likeness (QED) is 0.323. The molecule has 182 valence electrons. The van der Waals surface area contributed by atoms with Gasteiger partial charge in [-0.05, 0) is 31.2 Å². The minimum absolute atomic E-state index is 0.197. The molecule has 1 aliphatic heterocycles. The summed E-state index contributed by atoms with van der Waals surface area (Å²) in [5, 5.41) is 2.68. The standard InChI is InChI=1S/C24H31Cl3N2O4/c1-5-9-19(28-22(31)24(25,26)27)13-12-18(14-15(2)3)21(30)29-16(4)20(33-23(29)32)17-10-7-6-8-11-17/h6-8,10-13,15-16,18-20H,5,9,14H2,1-4H3,(H,28,31)/b13-12+/t16-,18+,19+,20-/m1/s1. The highest BCUT2D eigenvalue weighted by atomic mass is 35.6. The average Bonchev–Trinajstić information content (AvgIpc) is 3.04. The third-order valence-electron chi connectivity index (χ3n) is 5.43. The molecule has 0 radical (unpaired) electrons. The van der Waals surface area contributed by atoms with Crippen LogP contribution in [0.25, 0.3) is 0 Å². The van der Waals surface area contributed by atoms with Gasteiger partial charge in [0.25, 0.3) is 9.70 Å². The molecule has 1 aromatic carbocycles. The minimum atomic E-state index is -2.08. The number of hydrogen-bond donors (Lipinski definition) is 1. The number of carbonyl (C=O) groups is 3. The number of benzene rings is 1. The first-order valence-corrected chi connectivity index (χ1v) is 12.2. The number of nitrogens with one attached hydrogen (secondary N) is 1. The molecule has 0 bridgehead atoms. The summed E-state index contributed by atoms with van der Waals surface area (Å²) in [6.45, 7) is 7.77.